The van der Waals surface area contributed by atoms with E-state index in [1.807, 2.05) is 22.6 Å². The molecule has 0 heterocycles. The molecule has 0 radical (unpaired) electrons. The van der Waals surface area contributed by atoms with Crippen molar-refractivity contribution in [2.24, 2.45) is 0 Å². The molecule has 4 nitrogen and oxygen atoms in total. The molecular formula is C12H8FIN2O2. The Morgan fingerprint density at radius 1 is 1.11 bits per heavy atom. The van der Waals surface area contributed by atoms with Crippen LogP contribution in [0.3, 0.4) is 0 Å². The van der Waals surface area contributed by atoms with Crippen molar-refractivity contribution >= 4 is 39.7 Å². The smallest absolute Gasteiger partial charge is 0.282 e. The van der Waals surface area contributed by atoms with Gasteiger partial charge in [-0.2, -0.15) is 0 Å². The minimum absolute atomic E-state index is 0.0697. The van der Waals surface area contributed by atoms with E-state index in [9.17, 15) is 14.5 Å². The molecule has 0 saturated carbocycles. The van der Waals surface area contributed by atoms with Gasteiger partial charge in [-0.3, -0.25) is 10.1 Å². The number of hydrogen-bond donors (Lipinski definition) is 1. The number of halogens is 2. The van der Waals surface area contributed by atoms with Crippen molar-refractivity contribution in [1.29, 1.82) is 0 Å². The third kappa shape index (κ3) is 2.95. The summed E-state index contributed by atoms with van der Waals surface area (Å²) in [4.78, 5) is 10.2. The SMILES string of the molecule is O=[N+]([O-])c1ccc(Nc2ccc(F)cc2)cc1I. The third-order valence-corrected chi connectivity index (χ3v) is 3.14. The Balaban J connectivity index is 2.22. The van der Waals surface area contributed by atoms with Crippen molar-refractivity contribution in [2.45, 2.75) is 0 Å². The average Bonchev–Trinajstić information content (AvgIpc) is 2.32. The van der Waals surface area contributed by atoms with Gasteiger partial charge in [0.2, 0.25) is 0 Å². The van der Waals surface area contributed by atoms with Crippen LogP contribution in [-0.2, 0) is 0 Å². The second kappa shape index (κ2) is 5.30. The monoisotopic (exact) mass is 358 g/mol. The summed E-state index contributed by atoms with van der Waals surface area (Å²) in [5.41, 5.74) is 1.51. The van der Waals surface area contributed by atoms with E-state index in [4.69, 9.17) is 0 Å². The first-order chi connectivity index (χ1) is 8.56. The van der Waals surface area contributed by atoms with E-state index in [2.05, 4.69) is 5.32 Å². The fraction of sp³-hybridized carbons (Fsp3) is 0. The molecule has 0 aliphatic rings. The average molecular weight is 358 g/mol. The maximum absolute atomic E-state index is 12.7. The zero-order valence-electron chi connectivity index (χ0n) is 9.06. The summed E-state index contributed by atoms with van der Waals surface area (Å²) in [6, 6.07) is 10.6. The molecule has 0 bridgehead atoms. The van der Waals surface area contributed by atoms with Crippen LogP contribution in [0.25, 0.3) is 0 Å². The number of anilines is 2. The molecule has 6 heteroatoms. The van der Waals surface area contributed by atoms with Gasteiger partial charge >= 0.3 is 0 Å². The second-order valence-electron chi connectivity index (χ2n) is 3.56. The molecule has 2 aromatic carbocycles. The molecule has 0 atom stereocenters. The Bertz CT molecular complexity index is 587. The van der Waals surface area contributed by atoms with E-state index in [-0.39, 0.29) is 11.5 Å². The van der Waals surface area contributed by atoms with Gasteiger partial charge in [0, 0.05) is 17.4 Å². The summed E-state index contributed by atoms with van der Waals surface area (Å²) in [6.07, 6.45) is 0. The molecule has 2 rings (SSSR count). The second-order valence-corrected chi connectivity index (χ2v) is 4.72. The quantitative estimate of drug-likeness (QED) is 0.511. The van der Waals surface area contributed by atoms with Gasteiger partial charge in [-0.15, -0.1) is 0 Å². The molecule has 0 saturated heterocycles. The van der Waals surface area contributed by atoms with Crippen LogP contribution >= 0.6 is 22.6 Å². The van der Waals surface area contributed by atoms with Crippen LogP contribution in [0.2, 0.25) is 0 Å². The molecular weight excluding hydrogens is 350 g/mol. The van der Waals surface area contributed by atoms with Crippen molar-refractivity contribution in [1.82, 2.24) is 0 Å². The maximum atomic E-state index is 12.7. The zero-order chi connectivity index (χ0) is 13.1. The van der Waals surface area contributed by atoms with E-state index >= 15 is 0 Å². The van der Waals surface area contributed by atoms with Gasteiger partial charge in [0.25, 0.3) is 5.69 Å². The van der Waals surface area contributed by atoms with Crippen LogP contribution in [0, 0.1) is 19.5 Å². The van der Waals surface area contributed by atoms with E-state index in [1.54, 1.807) is 24.3 Å². The number of rotatable bonds is 3. The molecule has 0 fully saturated rings. The number of hydrogen-bond acceptors (Lipinski definition) is 3. The van der Waals surface area contributed by atoms with Crippen LogP contribution in [0.5, 0.6) is 0 Å². The first kappa shape index (κ1) is 12.7. The summed E-state index contributed by atoms with van der Waals surface area (Å²) in [5, 5.41) is 13.7. The van der Waals surface area contributed by atoms with Gasteiger partial charge in [-0.25, -0.2) is 4.39 Å². The molecule has 1 N–H and O–H groups in total. The summed E-state index contributed by atoms with van der Waals surface area (Å²) in [6.45, 7) is 0. The molecule has 0 unspecified atom stereocenters. The van der Waals surface area contributed by atoms with Crippen molar-refractivity contribution in [3.8, 4) is 0 Å². The van der Waals surface area contributed by atoms with Crippen LogP contribution in [0.4, 0.5) is 21.5 Å². The standard InChI is InChI=1S/C12H8FIN2O2/c13-8-1-3-9(4-2-8)15-10-5-6-12(16(17)18)11(14)7-10/h1-7,15H. The molecule has 0 spiro atoms. The molecule has 18 heavy (non-hydrogen) atoms. The predicted octanol–water partition coefficient (Wildman–Crippen LogP) is 4.08. The van der Waals surface area contributed by atoms with Gasteiger partial charge in [0.05, 0.1) is 8.49 Å². The Morgan fingerprint density at radius 2 is 1.72 bits per heavy atom. The zero-order valence-corrected chi connectivity index (χ0v) is 11.2. The normalized spacial score (nSPS) is 10.1. The fourth-order valence-corrected chi connectivity index (χ4v) is 2.14. The minimum Gasteiger partial charge on any atom is -0.355 e. The minimum atomic E-state index is -0.427. The van der Waals surface area contributed by atoms with Crippen LogP contribution in [-0.4, -0.2) is 4.92 Å². The Labute approximate surface area is 116 Å². The van der Waals surface area contributed by atoms with Gasteiger partial charge in [-0.05, 0) is 59.0 Å². The number of nitrogens with zero attached hydrogens (tertiary/aromatic N) is 1. The Morgan fingerprint density at radius 3 is 2.28 bits per heavy atom. The van der Waals surface area contributed by atoms with E-state index in [1.165, 1.54) is 18.2 Å². The van der Waals surface area contributed by atoms with Gasteiger partial charge in [0.1, 0.15) is 5.82 Å². The fourth-order valence-electron chi connectivity index (χ4n) is 1.43. The lowest BCUT2D eigenvalue weighted by Crippen LogP contribution is -1.94. The van der Waals surface area contributed by atoms with E-state index in [0.717, 1.165) is 11.4 Å². The summed E-state index contributed by atoms with van der Waals surface area (Å²) in [5.74, 6) is -0.307. The number of nitro groups is 1. The summed E-state index contributed by atoms with van der Waals surface area (Å²) < 4.78 is 13.3. The summed E-state index contributed by atoms with van der Waals surface area (Å²) in [7, 11) is 0. The Kier molecular flexibility index (Phi) is 3.75. The van der Waals surface area contributed by atoms with Gasteiger partial charge < -0.3 is 5.32 Å². The number of nitrogens with one attached hydrogen (secondary N) is 1. The highest BCUT2D eigenvalue weighted by atomic mass is 127. The number of benzene rings is 2. The van der Waals surface area contributed by atoms with Gasteiger partial charge in [-0.1, -0.05) is 0 Å². The van der Waals surface area contributed by atoms with Crippen LogP contribution in [0.1, 0.15) is 0 Å². The lowest BCUT2D eigenvalue weighted by Gasteiger charge is -2.06. The lowest BCUT2D eigenvalue weighted by molar-refractivity contribution is -0.385. The van der Waals surface area contributed by atoms with Crippen molar-refractivity contribution in [2.75, 3.05) is 5.32 Å². The third-order valence-electron chi connectivity index (χ3n) is 2.28. The van der Waals surface area contributed by atoms with Crippen molar-refractivity contribution < 1.29 is 9.31 Å². The highest BCUT2D eigenvalue weighted by Crippen LogP contribution is 2.26. The molecule has 92 valence electrons. The lowest BCUT2D eigenvalue weighted by atomic mass is 10.2. The molecule has 2 aromatic rings. The highest BCUT2D eigenvalue weighted by molar-refractivity contribution is 14.1. The molecule has 0 aliphatic carbocycles. The predicted molar refractivity (Wildman–Crippen MR) is 75.5 cm³/mol. The number of nitro benzene ring substituents is 1. The van der Waals surface area contributed by atoms with Crippen molar-refractivity contribution in [3.05, 3.63) is 62.0 Å². The Hall–Kier alpha value is -1.70. The summed E-state index contributed by atoms with van der Waals surface area (Å²) >= 11 is 1.91. The molecule has 0 aliphatic heterocycles. The molecule has 0 amide bonds. The topological polar surface area (TPSA) is 55.2 Å². The van der Waals surface area contributed by atoms with Crippen molar-refractivity contribution in [3.63, 3.8) is 0 Å². The highest BCUT2D eigenvalue weighted by Gasteiger charge is 2.11. The first-order valence-electron chi connectivity index (χ1n) is 5.03. The first-order valence-corrected chi connectivity index (χ1v) is 6.10. The van der Waals surface area contributed by atoms with E-state index in [0.29, 0.717) is 3.57 Å². The van der Waals surface area contributed by atoms with Crippen LogP contribution < -0.4 is 5.32 Å². The van der Waals surface area contributed by atoms with Crippen LogP contribution in [0.15, 0.2) is 42.5 Å². The molecule has 0 aromatic heterocycles. The largest absolute Gasteiger partial charge is 0.355 e. The van der Waals surface area contributed by atoms with E-state index < -0.39 is 4.92 Å². The van der Waals surface area contributed by atoms with Gasteiger partial charge in [0.15, 0.2) is 0 Å². The maximum Gasteiger partial charge on any atom is 0.282 e.